The molecule has 2 aromatic rings. The summed E-state index contributed by atoms with van der Waals surface area (Å²) in [7, 11) is 0. The van der Waals surface area contributed by atoms with Crippen LogP contribution < -0.4 is 5.73 Å². The van der Waals surface area contributed by atoms with Gasteiger partial charge in [0.15, 0.2) is 11.5 Å². The maximum absolute atomic E-state index is 12.8. The molecule has 0 saturated carbocycles. The maximum atomic E-state index is 12.8. The highest BCUT2D eigenvalue weighted by Gasteiger charge is 2.39. The number of rotatable bonds is 3. The van der Waals surface area contributed by atoms with Gasteiger partial charge in [-0.2, -0.15) is 13.2 Å². The Hall–Kier alpha value is -1.82. The zero-order chi connectivity index (χ0) is 14.0. The second-order valence-corrected chi connectivity index (χ2v) is 4.24. The second kappa shape index (κ2) is 5.05. The van der Waals surface area contributed by atoms with E-state index < -0.39 is 11.9 Å². The molecular weight excluding hydrogens is 257 g/mol. The third-order valence-corrected chi connectivity index (χ3v) is 2.76. The van der Waals surface area contributed by atoms with Gasteiger partial charge in [0.2, 0.25) is 0 Å². The van der Waals surface area contributed by atoms with Crippen LogP contribution in [0.2, 0.25) is 0 Å². The number of alkyl halides is 3. The number of halogens is 3. The number of hydrogen-bond donors (Lipinski definition) is 1. The Morgan fingerprint density at radius 3 is 2.37 bits per heavy atom. The predicted molar refractivity (Wildman–Crippen MR) is 64.4 cm³/mol. The fraction of sp³-hybridized carbons (Fsp3) is 0.308. The molecule has 3 nitrogen and oxygen atoms in total. The normalized spacial score (nSPS) is 11.8. The van der Waals surface area contributed by atoms with Crippen molar-refractivity contribution < 1.29 is 17.7 Å². The van der Waals surface area contributed by atoms with Crippen molar-refractivity contribution in [3.8, 4) is 11.3 Å². The zero-order valence-electron chi connectivity index (χ0n) is 10.3. The highest BCUT2D eigenvalue weighted by molar-refractivity contribution is 5.62. The topological polar surface area (TPSA) is 52.0 Å². The van der Waals surface area contributed by atoms with Crippen LogP contribution in [-0.4, -0.2) is 11.7 Å². The van der Waals surface area contributed by atoms with Crippen molar-refractivity contribution in [1.29, 1.82) is 0 Å². The third kappa shape index (κ3) is 2.78. The van der Waals surface area contributed by atoms with E-state index in [1.165, 1.54) is 0 Å². The summed E-state index contributed by atoms with van der Waals surface area (Å²) in [5.74, 6) is 0.137. The van der Waals surface area contributed by atoms with Gasteiger partial charge in [0, 0.05) is 11.1 Å². The molecule has 0 aliphatic heterocycles. The van der Waals surface area contributed by atoms with Crippen molar-refractivity contribution in [3.63, 3.8) is 0 Å². The summed E-state index contributed by atoms with van der Waals surface area (Å²) in [5, 5.41) is 3.15. The third-order valence-electron chi connectivity index (χ3n) is 2.76. The molecule has 0 bridgehead atoms. The summed E-state index contributed by atoms with van der Waals surface area (Å²) in [6.45, 7) is 2.00. The van der Waals surface area contributed by atoms with Crippen LogP contribution in [0.3, 0.4) is 0 Å². The molecule has 1 aromatic heterocycles. The minimum absolute atomic E-state index is 0.0128. The van der Waals surface area contributed by atoms with E-state index in [4.69, 9.17) is 10.3 Å². The highest BCUT2D eigenvalue weighted by atomic mass is 19.4. The SMILES string of the molecule is Cc1ccc(-c2onc(C(F)(F)F)c2CCN)cc1. The van der Waals surface area contributed by atoms with Crippen LogP contribution in [0.5, 0.6) is 0 Å². The van der Waals surface area contributed by atoms with E-state index in [2.05, 4.69) is 5.16 Å². The number of nitrogens with two attached hydrogens (primary N) is 1. The Bertz CT molecular complexity index is 558. The number of aromatic nitrogens is 1. The fourth-order valence-corrected chi connectivity index (χ4v) is 1.84. The minimum atomic E-state index is -4.53. The van der Waals surface area contributed by atoms with E-state index >= 15 is 0 Å². The molecule has 0 amide bonds. The Kier molecular flexibility index (Phi) is 3.61. The summed E-state index contributed by atoms with van der Waals surface area (Å²) >= 11 is 0. The Labute approximate surface area is 108 Å². The highest BCUT2D eigenvalue weighted by Crippen LogP contribution is 2.36. The Balaban J connectivity index is 2.51. The Morgan fingerprint density at radius 1 is 1.21 bits per heavy atom. The molecule has 102 valence electrons. The van der Waals surface area contributed by atoms with Gasteiger partial charge in [-0.05, 0) is 19.9 Å². The largest absolute Gasteiger partial charge is 0.437 e. The predicted octanol–water partition coefficient (Wildman–Crippen LogP) is 3.17. The van der Waals surface area contributed by atoms with Gasteiger partial charge in [-0.15, -0.1) is 0 Å². The molecule has 1 heterocycles. The van der Waals surface area contributed by atoms with Crippen molar-refractivity contribution in [2.24, 2.45) is 5.73 Å². The van der Waals surface area contributed by atoms with E-state index in [0.717, 1.165) is 5.56 Å². The van der Waals surface area contributed by atoms with Gasteiger partial charge in [-0.25, -0.2) is 0 Å². The van der Waals surface area contributed by atoms with E-state index in [1.807, 2.05) is 6.92 Å². The molecule has 0 fully saturated rings. The quantitative estimate of drug-likeness (QED) is 0.932. The average Bonchev–Trinajstić information content (AvgIpc) is 2.74. The molecule has 19 heavy (non-hydrogen) atoms. The molecule has 0 aliphatic carbocycles. The van der Waals surface area contributed by atoms with Crippen molar-refractivity contribution >= 4 is 0 Å². The number of aryl methyl sites for hydroxylation is 1. The molecule has 6 heteroatoms. The van der Waals surface area contributed by atoms with Crippen LogP contribution >= 0.6 is 0 Å². The van der Waals surface area contributed by atoms with Gasteiger partial charge >= 0.3 is 6.18 Å². The molecule has 2 rings (SSSR count). The van der Waals surface area contributed by atoms with Gasteiger partial charge in [0.1, 0.15) is 0 Å². The Morgan fingerprint density at radius 2 is 1.84 bits per heavy atom. The van der Waals surface area contributed by atoms with Gasteiger partial charge in [0.05, 0.1) is 0 Å². The van der Waals surface area contributed by atoms with Crippen molar-refractivity contribution in [2.45, 2.75) is 19.5 Å². The first-order chi connectivity index (χ1) is 8.93. The molecule has 0 atom stereocenters. The molecule has 0 saturated heterocycles. The maximum Gasteiger partial charge on any atom is 0.437 e. The van der Waals surface area contributed by atoms with E-state index in [0.29, 0.717) is 5.56 Å². The van der Waals surface area contributed by atoms with Crippen LogP contribution in [0.4, 0.5) is 13.2 Å². The standard InChI is InChI=1S/C13H13F3N2O/c1-8-2-4-9(5-3-8)11-10(6-7-17)12(18-19-11)13(14,15)16/h2-5H,6-7,17H2,1H3. The lowest BCUT2D eigenvalue weighted by atomic mass is 10.0. The summed E-state index contributed by atoms with van der Waals surface area (Å²) in [5.41, 5.74) is 5.97. The lowest BCUT2D eigenvalue weighted by molar-refractivity contribution is -0.143. The van der Waals surface area contributed by atoms with Crippen LogP contribution in [0.1, 0.15) is 16.8 Å². The van der Waals surface area contributed by atoms with Crippen molar-refractivity contribution in [3.05, 3.63) is 41.1 Å². The van der Waals surface area contributed by atoms with Gasteiger partial charge < -0.3 is 10.3 Å². The lowest BCUT2D eigenvalue weighted by Gasteiger charge is -2.05. The molecule has 0 unspecified atom stereocenters. The first-order valence-electron chi connectivity index (χ1n) is 5.76. The number of nitrogens with zero attached hydrogens (tertiary/aromatic N) is 1. The van der Waals surface area contributed by atoms with Crippen LogP contribution in [0.15, 0.2) is 28.8 Å². The van der Waals surface area contributed by atoms with Gasteiger partial charge in [0.25, 0.3) is 0 Å². The van der Waals surface area contributed by atoms with E-state index in [-0.39, 0.29) is 24.3 Å². The molecule has 0 radical (unpaired) electrons. The first kappa shape index (κ1) is 13.6. The van der Waals surface area contributed by atoms with Crippen LogP contribution in [0.25, 0.3) is 11.3 Å². The minimum Gasteiger partial charge on any atom is -0.355 e. The monoisotopic (exact) mass is 270 g/mol. The lowest BCUT2D eigenvalue weighted by Crippen LogP contribution is -2.12. The van der Waals surface area contributed by atoms with E-state index in [1.54, 1.807) is 24.3 Å². The molecule has 2 N–H and O–H groups in total. The molecule has 1 aromatic carbocycles. The number of hydrogen-bond acceptors (Lipinski definition) is 3. The first-order valence-corrected chi connectivity index (χ1v) is 5.76. The summed E-state index contributed by atoms with van der Waals surface area (Å²) in [6, 6.07) is 7.01. The van der Waals surface area contributed by atoms with E-state index in [9.17, 15) is 13.2 Å². The van der Waals surface area contributed by atoms with Crippen molar-refractivity contribution in [2.75, 3.05) is 6.54 Å². The number of benzene rings is 1. The fourth-order valence-electron chi connectivity index (χ4n) is 1.84. The van der Waals surface area contributed by atoms with Crippen molar-refractivity contribution in [1.82, 2.24) is 5.16 Å². The van der Waals surface area contributed by atoms with Crippen LogP contribution in [0, 0.1) is 6.92 Å². The molecular formula is C13H13F3N2O. The average molecular weight is 270 g/mol. The summed E-state index contributed by atoms with van der Waals surface area (Å²) in [6.07, 6.45) is -4.46. The van der Waals surface area contributed by atoms with Gasteiger partial charge in [-0.3, -0.25) is 0 Å². The smallest absolute Gasteiger partial charge is 0.355 e. The van der Waals surface area contributed by atoms with Gasteiger partial charge in [-0.1, -0.05) is 35.0 Å². The summed E-state index contributed by atoms with van der Waals surface area (Å²) in [4.78, 5) is 0. The zero-order valence-corrected chi connectivity index (χ0v) is 10.3. The second-order valence-electron chi connectivity index (χ2n) is 4.24. The summed E-state index contributed by atoms with van der Waals surface area (Å²) < 4.78 is 43.3. The molecule has 0 aliphatic rings. The molecule has 0 spiro atoms. The van der Waals surface area contributed by atoms with Crippen LogP contribution in [-0.2, 0) is 12.6 Å².